The second-order valence-corrected chi connectivity index (χ2v) is 6.29. The van der Waals surface area contributed by atoms with Crippen LogP contribution >= 0.6 is 27.3 Å². The molecule has 19 heavy (non-hydrogen) atoms. The van der Waals surface area contributed by atoms with Gasteiger partial charge in [-0.2, -0.15) is 0 Å². The van der Waals surface area contributed by atoms with Crippen molar-refractivity contribution >= 4 is 37.5 Å². The summed E-state index contributed by atoms with van der Waals surface area (Å²) in [6.07, 6.45) is 0.0123. The summed E-state index contributed by atoms with van der Waals surface area (Å²) in [5, 5.41) is 11.3. The van der Waals surface area contributed by atoms with Gasteiger partial charge in [-0.1, -0.05) is 46.3 Å². The van der Waals surface area contributed by atoms with Crippen LogP contribution in [0.1, 0.15) is 16.7 Å². The molecule has 3 aromatic rings. The summed E-state index contributed by atoms with van der Waals surface area (Å²) in [5.41, 5.74) is 1.91. The Bertz CT molecular complexity index is 677. The SMILES string of the molecule is OC(Cc1nc2ccccc2s1)c1ccccc1Br. The van der Waals surface area contributed by atoms with E-state index in [1.165, 1.54) is 0 Å². The van der Waals surface area contributed by atoms with Gasteiger partial charge >= 0.3 is 0 Å². The zero-order valence-corrected chi connectivity index (χ0v) is 12.5. The fraction of sp³-hybridized carbons (Fsp3) is 0.133. The van der Waals surface area contributed by atoms with Crippen LogP contribution in [-0.4, -0.2) is 10.1 Å². The van der Waals surface area contributed by atoms with Crippen LogP contribution in [0.2, 0.25) is 0 Å². The van der Waals surface area contributed by atoms with Gasteiger partial charge in [0, 0.05) is 10.9 Å². The second kappa shape index (κ2) is 5.41. The number of thiazole rings is 1. The van der Waals surface area contributed by atoms with Gasteiger partial charge in [0.05, 0.1) is 21.3 Å². The summed E-state index contributed by atoms with van der Waals surface area (Å²) in [6, 6.07) is 15.8. The average molecular weight is 334 g/mol. The molecule has 0 saturated carbocycles. The molecule has 0 radical (unpaired) electrons. The highest BCUT2D eigenvalue weighted by molar-refractivity contribution is 9.10. The summed E-state index contributed by atoms with van der Waals surface area (Å²) in [5.74, 6) is 0. The van der Waals surface area contributed by atoms with Gasteiger partial charge < -0.3 is 5.11 Å². The van der Waals surface area contributed by atoms with Gasteiger partial charge in [0.2, 0.25) is 0 Å². The first-order chi connectivity index (χ1) is 9.24. The van der Waals surface area contributed by atoms with Crippen molar-refractivity contribution in [3.05, 3.63) is 63.6 Å². The van der Waals surface area contributed by atoms with Crippen molar-refractivity contribution in [1.29, 1.82) is 0 Å². The molecule has 2 nitrogen and oxygen atoms in total. The third-order valence-electron chi connectivity index (χ3n) is 2.97. The van der Waals surface area contributed by atoms with Crippen LogP contribution in [0.5, 0.6) is 0 Å². The maximum atomic E-state index is 10.3. The molecule has 1 N–H and O–H groups in total. The van der Waals surface area contributed by atoms with E-state index < -0.39 is 6.10 Å². The van der Waals surface area contributed by atoms with E-state index in [9.17, 15) is 5.11 Å². The average Bonchev–Trinajstić information content (AvgIpc) is 2.81. The first-order valence-corrected chi connectivity index (χ1v) is 7.62. The van der Waals surface area contributed by atoms with E-state index in [-0.39, 0.29) is 0 Å². The number of rotatable bonds is 3. The number of fused-ring (bicyclic) bond motifs is 1. The van der Waals surface area contributed by atoms with Crippen molar-refractivity contribution in [3.8, 4) is 0 Å². The largest absolute Gasteiger partial charge is 0.388 e. The lowest BCUT2D eigenvalue weighted by Crippen LogP contribution is -2.02. The zero-order chi connectivity index (χ0) is 13.2. The van der Waals surface area contributed by atoms with Crippen molar-refractivity contribution in [2.75, 3.05) is 0 Å². The maximum Gasteiger partial charge on any atom is 0.0967 e. The lowest BCUT2D eigenvalue weighted by atomic mass is 10.1. The Labute approximate surface area is 123 Å². The first-order valence-electron chi connectivity index (χ1n) is 6.01. The summed E-state index contributed by atoms with van der Waals surface area (Å²) in [4.78, 5) is 4.55. The van der Waals surface area contributed by atoms with Crippen molar-refractivity contribution < 1.29 is 5.11 Å². The van der Waals surface area contributed by atoms with Gasteiger partial charge in [0.1, 0.15) is 0 Å². The first kappa shape index (κ1) is 12.8. The number of para-hydroxylation sites is 1. The number of aliphatic hydroxyl groups excluding tert-OH is 1. The van der Waals surface area contributed by atoms with Gasteiger partial charge in [-0.15, -0.1) is 11.3 Å². The highest BCUT2D eigenvalue weighted by Crippen LogP contribution is 2.29. The van der Waals surface area contributed by atoms with E-state index in [1.807, 2.05) is 42.5 Å². The minimum absolute atomic E-state index is 0.531. The smallest absolute Gasteiger partial charge is 0.0967 e. The molecule has 3 rings (SSSR count). The maximum absolute atomic E-state index is 10.3. The molecule has 0 spiro atoms. The molecule has 0 aliphatic heterocycles. The zero-order valence-electron chi connectivity index (χ0n) is 10.1. The Morgan fingerprint density at radius 3 is 2.63 bits per heavy atom. The number of aromatic nitrogens is 1. The number of hydrogen-bond acceptors (Lipinski definition) is 3. The second-order valence-electron chi connectivity index (χ2n) is 4.32. The minimum Gasteiger partial charge on any atom is -0.388 e. The van der Waals surface area contributed by atoms with Gasteiger partial charge in [0.25, 0.3) is 0 Å². The normalized spacial score (nSPS) is 12.7. The predicted molar refractivity (Wildman–Crippen MR) is 82.4 cm³/mol. The summed E-state index contributed by atoms with van der Waals surface area (Å²) in [7, 11) is 0. The molecule has 4 heteroatoms. The molecule has 1 unspecified atom stereocenters. The number of benzene rings is 2. The van der Waals surface area contributed by atoms with E-state index in [0.717, 1.165) is 25.3 Å². The summed E-state index contributed by atoms with van der Waals surface area (Å²) in [6.45, 7) is 0. The Morgan fingerprint density at radius 2 is 1.84 bits per heavy atom. The molecule has 1 heterocycles. The number of halogens is 1. The molecule has 0 bridgehead atoms. The van der Waals surface area contributed by atoms with Crippen molar-refractivity contribution in [2.45, 2.75) is 12.5 Å². The van der Waals surface area contributed by atoms with Crippen LogP contribution in [0.25, 0.3) is 10.2 Å². The molecule has 0 saturated heterocycles. The third kappa shape index (κ3) is 2.71. The Morgan fingerprint density at radius 1 is 1.11 bits per heavy atom. The van der Waals surface area contributed by atoms with E-state index in [2.05, 4.69) is 27.0 Å². The van der Waals surface area contributed by atoms with Crippen molar-refractivity contribution in [3.63, 3.8) is 0 Å². The molecule has 2 aromatic carbocycles. The standard InChI is InChI=1S/C15H12BrNOS/c16-11-6-2-1-5-10(11)13(18)9-15-17-12-7-3-4-8-14(12)19-15/h1-8,13,18H,9H2. The molecule has 0 aliphatic rings. The van der Waals surface area contributed by atoms with Crippen LogP contribution in [0, 0.1) is 0 Å². The van der Waals surface area contributed by atoms with Crippen LogP contribution in [0.3, 0.4) is 0 Å². The number of nitrogens with zero attached hydrogens (tertiary/aromatic N) is 1. The summed E-state index contributed by atoms with van der Waals surface area (Å²) >= 11 is 5.11. The Balaban J connectivity index is 1.86. The van der Waals surface area contributed by atoms with Crippen LogP contribution < -0.4 is 0 Å². The minimum atomic E-state index is -0.531. The van der Waals surface area contributed by atoms with Crippen LogP contribution in [-0.2, 0) is 6.42 Å². The van der Waals surface area contributed by atoms with Crippen molar-refractivity contribution in [2.24, 2.45) is 0 Å². The predicted octanol–water partition coefficient (Wildman–Crippen LogP) is 4.33. The Kier molecular flexibility index (Phi) is 3.64. The van der Waals surface area contributed by atoms with E-state index in [4.69, 9.17) is 0 Å². The molecule has 0 aliphatic carbocycles. The fourth-order valence-electron chi connectivity index (χ4n) is 2.03. The molecule has 0 fully saturated rings. The lowest BCUT2D eigenvalue weighted by Gasteiger charge is -2.10. The highest BCUT2D eigenvalue weighted by Gasteiger charge is 2.14. The number of aliphatic hydroxyl groups is 1. The topological polar surface area (TPSA) is 33.1 Å². The molecule has 0 amide bonds. The molecule has 1 aromatic heterocycles. The lowest BCUT2D eigenvalue weighted by molar-refractivity contribution is 0.177. The van der Waals surface area contributed by atoms with Gasteiger partial charge in [-0.3, -0.25) is 0 Å². The molecule has 96 valence electrons. The van der Waals surface area contributed by atoms with E-state index >= 15 is 0 Å². The molecular formula is C15H12BrNOS. The summed E-state index contributed by atoms with van der Waals surface area (Å²) < 4.78 is 2.10. The molecule has 1 atom stereocenters. The number of hydrogen-bond donors (Lipinski definition) is 1. The monoisotopic (exact) mass is 333 g/mol. The van der Waals surface area contributed by atoms with Crippen LogP contribution in [0.15, 0.2) is 53.0 Å². The van der Waals surface area contributed by atoms with Gasteiger partial charge in [0.15, 0.2) is 0 Å². The highest BCUT2D eigenvalue weighted by atomic mass is 79.9. The third-order valence-corrected chi connectivity index (χ3v) is 4.75. The van der Waals surface area contributed by atoms with Gasteiger partial charge in [-0.05, 0) is 23.8 Å². The van der Waals surface area contributed by atoms with Gasteiger partial charge in [-0.25, -0.2) is 4.98 Å². The van der Waals surface area contributed by atoms with E-state index in [1.54, 1.807) is 11.3 Å². The van der Waals surface area contributed by atoms with Crippen molar-refractivity contribution in [1.82, 2.24) is 4.98 Å². The quantitative estimate of drug-likeness (QED) is 0.773. The fourth-order valence-corrected chi connectivity index (χ4v) is 3.58. The van der Waals surface area contributed by atoms with E-state index in [0.29, 0.717) is 6.42 Å². The Hall–Kier alpha value is -1.23. The van der Waals surface area contributed by atoms with Crippen LogP contribution in [0.4, 0.5) is 0 Å². The molecular weight excluding hydrogens is 322 g/mol.